The van der Waals surface area contributed by atoms with Crippen molar-refractivity contribution in [2.45, 2.75) is 13.8 Å². The SMILES string of the molecule is CCN=C1SC(=Cc2ccc(F)cc2)C(=O)N1CC. The van der Waals surface area contributed by atoms with Crippen LogP contribution >= 0.6 is 11.8 Å². The van der Waals surface area contributed by atoms with E-state index in [0.29, 0.717) is 18.0 Å². The highest BCUT2D eigenvalue weighted by molar-refractivity contribution is 8.18. The van der Waals surface area contributed by atoms with Crippen molar-refractivity contribution >= 4 is 28.9 Å². The maximum atomic E-state index is 12.8. The van der Waals surface area contributed by atoms with Crippen LogP contribution in [-0.4, -0.2) is 29.1 Å². The van der Waals surface area contributed by atoms with Crippen LogP contribution in [0.1, 0.15) is 19.4 Å². The second-order valence-corrected chi connectivity index (χ2v) is 4.98. The zero-order chi connectivity index (χ0) is 13.8. The molecule has 0 unspecified atom stereocenters. The third-order valence-corrected chi connectivity index (χ3v) is 3.71. The van der Waals surface area contributed by atoms with Crippen molar-refractivity contribution in [3.05, 3.63) is 40.6 Å². The van der Waals surface area contributed by atoms with E-state index in [9.17, 15) is 9.18 Å². The molecule has 0 bridgehead atoms. The lowest BCUT2D eigenvalue weighted by molar-refractivity contribution is -0.122. The van der Waals surface area contributed by atoms with Gasteiger partial charge in [0.25, 0.3) is 5.91 Å². The summed E-state index contributed by atoms with van der Waals surface area (Å²) in [6.45, 7) is 5.11. The second kappa shape index (κ2) is 6.02. The molecule has 100 valence electrons. The van der Waals surface area contributed by atoms with Crippen molar-refractivity contribution in [3.8, 4) is 0 Å². The summed E-state index contributed by atoms with van der Waals surface area (Å²) >= 11 is 1.37. The Kier molecular flexibility index (Phi) is 4.37. The predicted molar refractivity (Wildman–Crippen MR) is 77.3 cm³/mol. The molecular weight excluding hydrogens is 263 g/mol. The van der Waals surface area contributed by atoms with Gasteiger partial charge >= 0.3 is 0 Å². The highest BCUT2D eigenvalue weighted by atomic mass is 32.2. The molecule has 0 spiro atoms. The van der Waals surface area contributed by atoms with Gasteiger partial charge in [-0.25, -0.2) is 4.39 Å². The van der Waals surface area contributed by atoms with Gasteiger partial charge in [-0.05, 0) is 49.4 Å². The monoisotopic (exact) mass is 278 g/mol. The average Bonchev–Trinajstić information content (AvgIpc) is 2.69. The maximum absolute atomic E-state index is 12.8. The Hall–Kier alpha value is -1.62. The van der Waals surface area contributed by atoms with Gasteiger partial charge in [0.2, 0.25) is 0 Å². The van der Waals surface area contributed by atoms with Gasteiger partial charge in [0.15, 0.2) is 5.17 Å². The van der Waals surface area contributed by atoms with E-state index < -0.39 is 0 Å². The fourth-order valence-electron chi connectivity index (χ4n) is 1.75. The zero-order valence-corrected chi connectivity index (χ0v) is 11.7. The molecule has 1 aromatic rings. The molecule has 0 aromatic heterocycles. The van der Waals surface area contributed by atoms with Gasteiger partial charge in [-0.1, -0.05) is 12.1 Å². The first-order valence-corrected chi connectivity index (χ1v) is 6.98. The number of halogens is 1. The molecule has 0 radical (unpaired) electrons. The summed E-state index contributed by atoms with van der Waals surface area (Å²) in [5.74, 6) is -0.319. The van der Waals surface area contributed by atoms with Gasteiger partial charge in [-0.3, -0.25) is 14.7 Å². The number of benzene rings is 1. The molecule has 1 aliphatic rings. The van der Waals surface area contributed by atoms with Crippen LogP contribution < -0.4 is 0 Å². The van der Waals surface area contributed by atoms with Crippen molar-refractivity contribution in [1.82, 2.24) is 4.90 Å². The number of carbonyl (C=O) groups excluding carboxylic acids is 1. The number of aliphatic imine (C=N–C) groups is 1. The number of amides is 1. The number of likely N-dealkylation sites (N-methyl/N-ethyl adjacent to an activating group) is 1. The fraction of sp³-hybridized carbons (Fsp3) is 0.286. The number of nitrogens with zero attached hydrogens (tertiary/aromatic N) is 2. The van der Waals surface area contributed by atoms with Crippen LogP contribution in [0.5, 0.6) is 0 Å². The van der Waals surface area contributed by atoms with Crippen LogP contribution in [0.15, 0.2) is 34.2 Å². The van der Waals surface area contributed by atoms with Crippen molar-refractivity contribution in [1.29, 1.82) is 0 Å². The molecule has 0 atom stereocenters. The van der Waals surface area contributed by atoms with Gasteiger partial charge in [-0.2, -0.15) is 0 Å². The van der Waals surface area contributed by atoms with Crippen LogP contribution in [0.3, 0.4) is 0 Å². The van der Waals surface area contributed by atoms with Gasteiger partial charge < -0.3 is 0 Å². The number of hydrogen-bond acceptors (Lipinski definition) is 3. The van der Waals surface area contributed by atoms with Crippen LogP contribution in [0, 0.1) is 5.82 Å². The van der Waals surface area contributed by atoms with E-state index in [0.717, 1.165) is 10.7 Å². The molecule has 1 aliphatic heterocycles. The van der Waals surface area contributed by atoms with Crippen molar-refractivity contribution in [2.24, 2.45) is 4.99 Å². The van der Waals surface area contributed by atoms with E-state index in [1.807, 2.05) is 13.8 Å². The van der Waals surface area contributed by atoms with Crippen LogP contribution in [0.25, 0.3) is 6.08 Å². The summed E-state index contributed by atoms with van der Waals surface area (Å²) in [5.41, 5.74) is 0.811. The fourth-order valence-corrected chi connectivity index (χ4v) is 2.86. The van der Waals surface area contributed by atoms with Gasteiger partial charge in [-0.15, -0.1) is 0 Å². The van der Waals surface area contributed by atoms with Crippen molar-refractivity contribution < 1.29 is 9.18 Å². The average molecular weight is 278 g/mol. The molecule has 3 nitrogen and oxygen atoms in total. The van der Waals surface area contributed by atoms with Crippen molar-refractivity contribution in [2.75, 3.05) is 13.1 Å². The van der Waals surface area contributed by atoms with Gasteiger partial charge in [0, 0.05) is 13.1 Å². The Bertz CT molecular complexity index is 537. The molecule has 1 aromatic carbocycles. The van der Waals surface area contributed by atoms with E-state index in [1.54, 1.807) is 23.1 Å². The molecule has 1 saturated heterocycles. The quantitative estimate of drug-likeness (QED) is 0.796. The third-order valence-electron chi connectivity index (χ3n) is 2.67. The summed E-state index contributed by atoms with van der Waals surface area (Å²) in [7, 11) is 0. The smallest absolute Gasteiger partial charge is 0.266 e. The van der Waals surface area contributed by atoms with Crippen LogP contribution in [0.4, 0.5) is 4.39 Å². The lowest BCUT2D eigenvalue weighted by Gasteiger charge is -2.11. The van der Waals surface area contributed by atoms with Crippen molar-refractivity contribution in [3.63, 3.8) is 0 Å². The van der Waals surface area contributed by atoms with E-state index in [4.69, 9.17) is 0 Å². The molecule has 2 rings (SSSR count). The maximum Gasteiger partial charge on any atom is 0.266 e. The lowest BCUT2D eigenvalue weighted by Crippen LogP contribution is -2.28. The molecule has 1 heterocycles. The molecule has 1 amide bonds. The minimum absolute atomic E-state index is 0.0379. The topological polar surface area (TPSA) is 32.7 Å². The number of amidine groups is 1. The van der Waals surface area contributed by atoms with Gasteiger partial charge in [0.05, 0.1) is 4.91 Å². The Balaban J connectivity index is 2.28. The zero-order valence-electron chi connectivity index (χ0n) is 10.9. The highest BCUT2D eigenvalue weighted by Crippen LogP contribution is 2.32. The number of carbonyl (C=O) groups is 1. The highest BCUT2D eigenvalue weighted by Gasteiger charge is 2.31. The first-order chi connectivity index (χ1) is 9.15. The van der Waals surface area contributed by atoms with E-state index in [-0.39, 0.29) is 11.7 Å². The van der Waals surface area contributed by atoms with Crippen LogP contribution in [0.2, 0.25) is 0 Å². The summed E-state index contributed by atoms with van der Waals surface area (Å²) in [4.78, 5) is 18.8. The van der Waals surface area contributed by atoms with Gasteiger partial charge in [0.1, 0.15) is 5.82 Å². The normalized spacial score (nSPS) is 19.7. The molecule has 0 N–H and O–H groups in total. The van der Waals surface area contributed by atoms with Crippen LogP contribution in [-0.2, 0) is 4.79 Å². The molecule has 19 heavy (non-hydrogen) atoms. The standard InChI is InChI=1S/C14H15FN2OS/c1-3-16-14-17(4-2)13(18)12(19-14)9-10-5-7-11(15)8-6-10/h5-9H,3-4H2,1-2H3. The Morgan fingerprint density at radius 3 is 2.58 bits per heavy atom. The minimum Gasteiger partial charge on any atom is -0.287 e. The molecular formula is C14H15FN2OS. The molecule has 0 aliphatic carbocycles. The van der Waals surface area contributed by atoms with E-state index in [2.05, 4.69) is 4.99 Å². The lowest BCUT2D eigenvalue weighted by atomic mass is 10.2. The molecule has 0 saturated carbocycles. The molecule has 5 heteroatoms. The largest absolute Gasteiger partial charge is 0.287 e. The van der Waals surface area contributed by atoms with E-state index in [1.165, 1.54) is 23.9 Å². The molecule has 1 fully saturated rings. The van der Waals surface area contributed by atoms with E-state index >= 15 is 0 Å². The summed E-state index contributed by atoms with van der Waals surface area (Å²) in [5, 5.41) is 0.739. The first-order valence-electron chi connectivity index (χ1n) is 6.17. The summed E-state index contributed by atoms with van der Waals surface area (Å²) in [6.07, 6.45) is 1.77. The minimum atomic E-state index is -0.282. The third kappa shape index (κ3) is 3.04. The summed E-state index contributed by atoms with van der Waals surface area (Å²) < 4.78 is 12.8. The number of rotatable bonds is 3. The Morgan fingerprint density at radius 2 is 2.00 bits per heavy atom. The predicted octanol–water partition coefficient (Wildman–Crippen LogP) is 3.14. The number of thioether (sulfide) groups is 1. The Labute approximate surface area is 116 Å². The summed E-state index contributed by atoms with van der Waals surface area (Å²) in [6, 6.07) is 6.08. The Morgan fingerprint density at radius 1 is 1.32 bits per heavy atom. The second-order valence-electron chi connectivity index (χ2n) is 3.97. The number of hydrogen-bond donors (Lipinski definition) is 0. The first kappa shape index (κ1) is 13.8.